The monoisotopic (exact) mass is 206 g/mol. The molecular formula is C8H18N2O2S. The maximum absolute atomic E-state index is 11.3. The molecule has 4 nitrogen and oxygen atoms in total. The second-order valence-corrected chi connectivity index (χ2v) is 5.91. The summed E-state index contributed by atoms with van der Waals surface area (Å²) in [5.74, 6) is 0.476. The lowest BCUT2D eigenvalue weighted by Crippen LogP contribution is -2.54. The van der Waals surface area contributed by atoms with Gasteiger partial charge in [0.15, 0.2) is 0 Å². The third-order valence-electron chi connectivity index (χ3n) is 2.44. The van der Waals surface area contributed by atoms with Crippen molar-refractivity contribution < 1.29 is 8.42 Å². The Kier molecular flexibility index (Phi) is 3.32. The zero-order valence-electron chi connectivity index (χ0n) is 8.45. The van der Waals surface area contributed by atoms with Gasteiger partial charge >= 0.3 is 0 Å². The molecule has 5 heteroatoms. The fraction of sp³-hybridized carbons (Fsp3) is 1.00. The molecule has 13 heavy (non-hydrogen) atoms. The minimum Gasteiger partial charge on any atom is -0.311 e. The van der Waals surface area contributed by atoms with Crippen LogP contribution in [0.4, 0.5) is 0 Å². The van der Waals surface area contributed by atoms with Gasteiger partial charge in [0.2, 0.25) is 10.0 Å². The highest BCUT2D eigenvalue weighted by Crippen LogP contribution is 2.10. The van der Waals surface area contributed by atoms with E-state index in [2.05, 4.69) is 19.2 Å². The average Bonchev–Trinajstić information content (AvgIpc) is 2.03. The highest BCUT2D eigenvalue weighted by Gasteiger charge is 2.26. The van der Waals surface area contributed by atoms with Crippen LogP contribution < -0.4 is 5.32 Å². The maximum atomic E-state index is 11.3. The van der Waals surface area contributed by atoms with Crippen molar-refractivity contribution in [3.63, 3.8) is 0 Å². The molecule has 0 radical (unpaired) electrons. The minimum atomic E-state index is -3.00. The third kappa shape index (κ3) is 2.93. The van der Waals surface area contributed by atoms with Crippen molar-refractivity contribution in [2.24, 2.45) is 5.92 Å². The van der Waals surface area contributed by atoms with Gasteiger partial charge in [-0.15, -0.1) is 0 Å². The van der Waals surface area contributed by atoms with E-state index in [1.165, 1.54) is 6.26 Å². The van der Waals surface area contributed by atoms with Crippen LogP contribution in [0.15, 0.2) is 0 Å². The predicted molar refractivity (Wildman–Crippen MR) is 53.0 cm³/mol. The van der Waals surface area contributed by atoms with E-state index in [-0.39, 0.29) is 0 Å². The molecule has 1 aliphatic rings. The number of hydrogen-bond donors (Lipinski definition) is 1. The molecule has 1 N–H and O–H groups in total. The Labute approximate surface area is 80.4 Å². The molecule has 1 heterocycles. The molecule has 1 atom stereocenters. The minimum absolute atomic E-state index is 0.295. The molecule has 0 saturated carbocycles. The standard InChI is InChI=1S/C8H18N2O2S/c1-7(2)8-6-10(5-4-9-8)13(3,11)12/h7-9H,4-6H2,1-3H3. The number of hydrogen-bond acceptors (Lipinski definition) is 3. The number of sulfonamides is 1. The van der Waals surface area contributed by atoms with Gasteiger partial charge in [0.1, 0.15) is 0 Å². The van der Waals surface area contributed by atoms with Gasteiger partial charge in [-0.25, -0.2) is 8.42 Å². The SMILES string of the molecule is CC(C)C1CN(S(C)(=O)=O)CCN1. The Hall–Kier alpha value is -0.130. The summed E-state index contributed by atoms with van der Waals surface area (Å²) in [7, 11) is -3.00. The molecule has 1 unspecified atom stereocenters. The van der Waals surface area contributed by atoms with Gasteiger partial charge in [-0.2, -0.15) is 4.31 Å². The third-order valence-corrected chi connectivity index (χ3v) is 3.71. The molecule has 78 valence electrons. The van der Waals surface area contributed by atoms with Crippen molar-refractivity contribution in [1.82, 2.24) is 9.62 Å². The highest BCUT2D eigenvalue weighted by molar-refractivity contribution is 7.88. The second-order valence-electron chi connectivity index (χ2n) is 3.93. The molecule has 0 amide bonds. The van der Waals surface area contributed by atoms with Crippen LogP contribution in [0.1, 0.15) is 13.8 Å². The molecule has 1 saturated heterocycles. The van der Waals surface area contributed by atoms with Gasteiger partial charge in [-0.05, 0) is 5.92 Å². The van der Waals surface area contributed by atoms with E-state index < -0.39 is 10.0 Å². The van der Waals surface area contributed by atoms with Crippen LogP contribution in [0.2, 0.25) is 0 Å². The molecule has 0 spiro atoms. The van der Waals surface area contributed by atoms with E-state index in [1.807, 2.05) is 0 Å². The number of rotatable bonds is 2. The smallest absolute Gasteiger partial charge is 0.211 e. The highest BCUT2D eigenvalue weighted by atomic mass is 32.2. The van der Waals surface area contributed by atoms with E-state index in [0.717, 1.165) is 6.54 Å². The first-order valence-corrected chi connectivity index (χ1v) is 6.44. The Bertz CT molecular complexity index is 261. The summed E-state index contributed by atoms with van der Waals surface area (Å²) in [6.07, 6.45) is 1.27. The van der Waals surface area contributed by atoms with E-state index in [0.29, 0.717) is 25.0 Å². The molecule has 1 aliphatic heterocycles. The summed E-state index contributed by atoms with van der Waals surface area (Å²) >= 11 is 0. The van der Waals surface area contributed by atoms with Gasteiger partial charge in [-0.1, -0.05) is 13.8 Å². The van der Waals surface area contributed by atoms with Gasteiger partial charge in [0, 0.05) is 25.7 Å². The van der Waals surface area contributed by atoms with Crippen molar-refractivity contribution in [2.45, 2.75) is 19.9 Å². The lowest BCUT2D eigenvalue weighted by Gasteiger charge is -2.34. The molecule has 0 aromatic rings. The summed E-state index contributed by atoms with van der Waals surface area (Å²) in [5.41, 5.74) is 0. The Morgan fingerprint density at radius 1 is 1.46 bits per heavy atom. The quantitative estimate of drug-likeness (QED) is 0.685. The number of piperazine rings is 1. The summed E-state index contributed by atoms with van der Waals surface area (Å²) < 4.78 is 24.1. The van der Waals surface area contributed by atoms with Crippen LogP contribution in [0.25, 0.3) is 0 Å². The van der Waals surface area contributed by atoms with E-state index in [1.54, 1.807) is 4.31 Å². The summed E-state index contributed by atoms with van der Waals surface area (Å²) in [5, 5.41) is 3.31. The molecule has 0 aromatic heterocycles. The number of nitrogens with zero attached hydrogens (tertiary/aromatic N) is 1. The summed E-state index contributed by atoms with van der Waals surface area (Å²) in [6, 6.07) is 0.295. The number of nitrogens with one attached hydrogen (secondary N) is 1. The molecule has 0 bridgehead atoms. The van der Waals surface area contributed by atoms with Crippen molar-refractivity contribution in [2.75, 3.05) is 25.9 Å². The fourth-order valence-corrected chi connectivity index (χ4v) is 2.35. The van der Waals surface area contributed by atoms with Crippen LogP contribution in [0, 0.1) is 5.92 Å². The summed E-state index contributed by atoms with van der Waals surface area (Å²) in [4.78, 5) is 0. The zero-order valence-corrected chi connectivity index (χ0v) is 9.26. The van der Waals surface area contributed by atoms with Crippen LogP contribution in [-0.4, -0.2) is 44.7 Å². The zero-order chi connectivity index (χ0) is 10.1. The van der Waals surface area contributed by atoms with E-state index in [4.69, 9.17) is 0 Å². The van der Waals surface area contributed by atoms with Crippen LogP contribution >= 0.6 is 0 Å². The van der Waals surface area contributed by atoms with Crippen molar-refractivity contribution in [1.29, 1.82) is 0 Å². The largest absolute Gasteiger partial charge is 0.311 e. The van der Waals surface area contributed by atoms with Crippen LogP contribution in [0.5, 0.6) is 0 Å². The Balaban J connectivity index is 2.62. The maximum Gasteiger partial charge on any atom is 0.211 e. The predicted octanol–water partition coefficient (Wildman–Crippen LogP) is -0.124. The first-order chi connectivity index (χ1) is 5.91. The normalized spacial score (nSPS) is 26.6. The molecule has 1 rings (SSSR count). The first-order valence-electron chi connectivity index (χ1n) is 4.60. The topological polar surface area (TPSA) is 49.4 Å². The summed E-state index contributed by atoms with van der Waals surface area (Å²) in [6.45, 7) is 6.17. The molecule has 0 aromatic carbocycles. The molecular weight excluding hydrogens is 188 g/mol. The van der Waals surface area contributed by atoms with Crippen molar-refractivity contribution in [3.8, 4) is 0 Å². The first kappa shape index (κ1) is 10.9. The lowest BCUT2D eigenvalue weighted by atomic mass is 10.0. The average molecular weight is 206 g/mol. The van der Waals surface area contributed by atoms with E-state index >= 15 is 0 Å². The lowest BCUT2D eigenvalue weighted by molar-refractivity contribution is 0.257. The fourth-order valence-electron chi connectivity index (χ4n) is 1.50. The molecule has 1 fully saturated rings. The van der Waals surface area contributed by atoms with Crippen LogP contribution in [-0.2, 0) is 10.0 Å². The van der Waals surface area contributed by atoms with E-state index in [9.17, 15) is 8.42 Å². The van der Waals surface area contributed by atoms with Gasteiger partial charge in [0.25, 0.3) is 0 Å². The van der Waals surface area contributed by atoms with Crippen molar-refractivity contribution in [3.05, 3.63) is 0 Å². The van der Waals surface area contributed by atoms with Gasteiger partial charge < -0.3 is 5.32 Å². The van der Waals surface area contributed by atoms with Gasteiger partial charge in [0.05, 0.1) is 6.26 Å². The van der Waals surface area contributed by atoms with Crippen LogP contribution in [0.3, 0.4) is 0 Å². The second kappa shape index (κ2) is 3.94. The van der Waals surface area contributed by atoms with Gasteiger partial charge in [-0.3, -0.25) is 0 Å². The van der Waals surface area contributed by atoms with Crippen molar-refractivity contribution >= 4 is 10.0 Å². The molecule has 0 aliphatic carbocycles. The Morgan fingerprint density at radius 2 is 2.08 bits per heavy atom. The Morgan fingerprint density at radius 3 is 2.54 bits per heavy atom.